The minimum Gasteiger partial charge on any atom is -0.0945 e. The Morgan fingerprint density at radius 2 is 0.544 bits per heavy atom. The first kappa shape index (κ1) is 47.9. The van der Waals surface area contributed by atoms with E-state index in [1.54, 1.807) is 154 Å². The van der Waals surface area contributed by atoms with Crippen LogP contribution in [-0.4, -0.2) is 36.3 Å². The van der Waals surface area contributed by atoms with Crippen molar-refractivity contribution in [2.24, 2.45) is 90.7 Å². The minimum atomic E-state index is -0.259. The molecule has 68 heavy (non-hydrogen) atoms. The number of benzene rings is 1. The number of hydrogen-bond acceptors (Lipinski definition) is 0. The molecule has 0 aromatic heterocycles. The summed E-state index contributed by atoms with van der Waals surface area (Å²) in [5.41, 5.74) is 9.06. The summed E-state index contributed by atoms with van der Waals surface area (Å²) in [6.45, 7) is 32.5. The maximum Gasteiger partial charge on any atom is 0.116 e. The Bertz CT molecular complexity index is 1860. The van der Waals surface area contributed by atoms with Crippen molar-refractivity contribution >= 4 is 31.5 Å². The SMILES string of the molecule is BC(c1ccccc1C(B)P(C12CC3CC(C1)CC(C(C)(C)C)(C3)C2)C12CC3CC(C1)CC(C(C)(C)C)(C3)C2)P(C12CC3CC(C1)CC(C(C)(C)C)(C3)C2)C12CC3CC(C1)CC(C(C)(C)C)(C3)C2. The zero-order valence-corrected chi connectivity index (χ0v) is 48.7. The monoisotopic (exact) mass is 955 g/mol. The van der Waals surface area contributed by atoms with Crippen molar-refractivity contribution in [3.05, 3.63) is 35.4 Å². The van der Waals surface area contributed by atoms with E-state index in [4.69, 9.17) is 0 Å². The van der Waals surface area contributed by atoms with Gasteiger partial charge < -0.3 is 0 Å². The van der Waals surface area contributed by atoms with Gasteiger partial charge in [0.05, 0.1) is 0 Å². The lowest BCUT2D eigenvalue weighted by molar-refractivity contribution is -0.113. The van der Waals surface area contributed by atoms with Crippen molar-refractivity contribution in [1.82, 2.24) is 0 Å². The topological polar surface area (TPSA) is 0 Å². The molecule has 0 radical (unpaired) electrons. The van der Waals surface area contributed by atoms with Crippen LogP contribution >= 0.6 is 15.8 Å². The van der Waals surface area contributed by atoms with Crippen LogP contribution in [0.15, 0.2) is 24.3 Å². The van der Waals surface area contributed by atoms with Crippen LogP contribution in [0.1, 0.15) is 259 Å². The molecule has 16 aliphatic rings. The second-order valence-electron chi connectivity index (χ2n) is 34.6. The molecule has 0 amide bonds. The van der Waals surface area contributed by atoms with Gasteiger partial charge in [-0.2, -0.15) is 0 Å². The fraction of sp³-hybridized carbons (Fsp3) is 0.906. The summed E-state index contributed by atoms with van der Waals surface area (Å²) in [5, 5.41) is 2.26. The summed E-state index contributed by atoms with van der Waals surface area (Å²) in [7, 11) is 5.43. The fourth-order valence-electron chi connectivity index (χ4n) is 25.7. The molecule has 1 aromatic carbocycles. The molecule has 4 heteroatoms. The van der Waals surface area contributed by atoms with E-state index in [9.17, 15) is 0 Å². The van der Waals surface area contributed by atoms with E-state index in [0.717, 1.165) is 47.3 Å². The molecule has 0 N–H and O–H groups in total. The molecular formula is C64H102B2P2. The van der Waals surface area contributed by atoms with Gasteiger partial charge in [-0.3, -0.25) is 0 Å². The first-order valence-electron chi connectivity index (χ1n) is 30.3. The molecule has 16 fully saturated rings. The zero-order valence-electron chi connectivity index (χ0n) is 46.9. The Hall–Kier alpha value is 0.210. The van der Waals surface area contributed by atoms with Crippen LogP contribution in [0.25, 0.3) is 0 Å². The van der Waals surface area contributed by atoms with Crippen LogP contribution in [0, 0.1) is 90.7 Å². The highest BCUT2D eigenvalue weighted by atomic mass is 31.1. The van der Waals surface area contributed by atoms with E-state index in [-0.39, 0.29) is 15.8 Å². The summed E-state index contributed by atoms with van der Waals surface area (Å²) in [4.78, 5) is 0. The quantitative estimate of drug-likeness (QED) is 0.180. The molecule has 10 unspecified atom stereocenters. The number of rotatable bonds is 8. The molecule has 0 heterocycles. The minimum absolute atomic E-state index is 0.259. The predicted octanol–water partition coefficient (Wildman–Crippen LogP) is 17.5. The largest absolute Gasteiger partial charge is 0.116 e. The maximum atomic E-state index is 2.98. The van der Waals surface area contributed by atoms with Crippen molar-refractivity contribution in [2.75, 3.05) is 0 Å². The van der Waals surface area contributed by atoms with Crippen LogP contribution in [0.5, 0.6) is 0 Å². The van der Waals surface area contributed by atoms with E-state index < -0.39 is 0 Å². The van der Waals surface area contributed by atoms with Gasteiger partial charge in [0.2, 0.25) is 0 Å². The molecule has 16 bridgehead atoms. The maximum absolute atomic E-state index is 2.98. The van der Waals surface area contributed by atoms with Gasteiger partial charge in [-0.05, 0) is 288 Å². The van der Waals surface area contributed by atoms with Crippen LogP contribution in [0.4, 0.5) is 0 Å². The molecule has 17 rings (SSSR count). The van der Waals surface area contributed by atoms with Crippen molar-refractivity contribution < 1.29 is 0 Å². The number of hydrogen-bond donors (Lipinski definition) is 0. The third kappa shape index (κ3) is 6.56. The third-order valence-corrected chi connectivity index (χ3v) is 35.5. The Morgan fingerprint density at radius 3 is 0.721 bits per heavy atom. The first-order chi connectivity index (χ1) is 31.6. The average molecular weight is 955 g/mol. The third-order valence-electron chi connectivity index (χ3n) is 27.2. The van der Waals surface area contributed by atoms with Gasteiger partial charge in [-0.15, -0.1) is 0 Å². The predicted molar refractivity (Wildman–Crippen MR) is 300 cm³/mol. The van der Waals surface area contributed by atoms with E-state index in [1.165, 1.54) is 0 Å². The molecule has 0 saturated heterocycles. The lowest BCUT2D eigenvalue weighted by atomic mass is 9.43. The van der Waals surface area contributed by atoms with Crippen LogP contribution in [-0.2, 0) is 0 Å². The Labute approximate surface area is 424 Å². The summed E-state index contributed by atoms with van der Waals surface area (Å²) in [5.74, 6) is 7.87. The Morgan fingerprint density at radius 1 is 0.353 bits per heavy atom. The van der Waals surface area contributed by atoms with Gasteiger partial charge in [0, 0.05) is 0 Å². The normalized spacial score (nSPS) is 51.4. The molecule has 16 aliphatic carbocycles. The van der Waals surface area contributed by atoms with Gasteiger partial charge in [0.15, 0.2) is 0 Å². The summed E-state index contributed by atoms with van der Waals surface area (Å²) >= 11 is 0. The first-order valence-corrected chi connectivity index (χ1v) is 33.1. The summed E-state index contributed by atoms with van der Waals surface area (Å²) in [6.07, 6.45) is 37.8. The molecule has 10 atom stereocenters. The van der Waals surface area contributed by atoms with Crippen molar-refractivity contribution in [2.45, 2.75) is 269 Å². The lowest BCUT2D eigenvalue weighted by Crippen LogP contribution is -2.64. The highest BCUT2D eigenvalue weighted by molar-refractivity contribution is 7.63. The van der Waals surface area contributed by atoms with Gasteiger partial charge >= 0.3 is 0 Å². The highest BCUT2D eigenvalue weighted by Gasteiger charge is 2.73. The van der Waals surface area contributed by atoms with E-state index >= 15 is 0 Å². The molecule has 0 nitrogen and oxygen atoms in total. The molecule has 0 spiro atoms. The summed E-state index contributed by atoms with van der Waals surface area (Å²) < 4.78 is 0. The van der Waals surface area contributed by atoms with Crippen LogP contribution < -0.4 is 0 Å². The van der Waals surface area contributed by atoms with E-state index in [2.05, 4.69) is 123 Å². The second kappa shape index (κ2) is 14.6. The van der Waals surface area contributed by atoms with Gasteiger partial charge in [-0.25, -0.2) is 0 Å². The molecule has 0 aliphatic heterocycles. The van der Waals surface area contributed by atoms with Gasteiger partial charge in [0.25, 0.3) is 0 Å². The van der Waals surface area contributed by atoms with Gasteiger partial charge in [-0.1, -0.05) is 123 Å². The average Bonchev–Trinajstić information content (AvgIpc) is 3.17. The van der Waals surface area contributed by atoms with Crippen LogP contribution in [0.3, 0.4) is 0 Å². The van der Waals surface area contributed by atoms with Crippen molar-refractivity contribution in [3.63, 3.8) is 0 Å². The molecule has 16 saturated carbocycles. The summed E-state index contributed by atoms with van der Waals surface area (Å²) in [6, 6.07) is 10.9. The van der Waals surface area contributed by atoms with Crippen molar-refractivity contribution in [1.29, 1.82) is 0 Å². The fourth-order valence-corrected chi connectivity index (χ4v) is 37.6. The standard InChI is InChI=1S/C64H102B2P2/c1-53(2,3)57-21-41-17-42(22-57)30-61(29-41,37-57)67(62-31-43-18-44(32-62)24-58(23-43,38-62)54(4,5)6)51(65)49-15-13-14-16-50(49)52(66)68(63-33-45-19-46(34-63)26-59(25-45,39-63)55(7,8)9)64-35-47-20-48(36-64)28-60(27-47,40-64)56(10,11)12/h13-16,41-48,51-52H,17-40,65-66H2,1-12H3. The lowest BCUT2D eigenvalue weighted by Gasteiger charge is -2.75. The zero-order chi connectivity index (χ0) is 47.9. The molecule has 1 aromatic rings. The second-order valence-corrected chi connectivity index (χ2v) is 41.4. The van der Waals surface area contributed by atoms with E-state index in [0.29, 0.717) is 75.1 Å². The van der Waals surface area contributed by atoms with E-state index in [1.807, 2.05) is 11.1 Å². The Kier molecular flexibility index (Phi) is 10.3. The molecular weight excluding hydrogens is 852 g/mol. The van der Waals surface area contributed by atoms with Crippen LogP contribution in [0.2, 0.25) is 0 Å². The molecule has 374 valence electrons. The highest BCUT2D eigenvalue weighted by Crippen LogP contribution is 2.89. The van der Waals surface area contributed by atoms with Crippen molar-refractivity contribution in [3.8, 4) is 0 Å². The van der Waals surface area contributed by atoms with Gasteiger partial charge in [0.1, 0.15) is 15.7 Å². The smallest absolute Gasteiger partial charge is 0.0945 e. The Balaban J connectivity index is 0.980.